The molecule has 2 unspecified atom stereocenters. The average molecular weight is 1420 g/mol. The van der Waals surface area contributed by atoms with Crippen LogP contribution in [0.1, 0.15) is 0 Å². The summed E-state index contributed by atoms with van der Waals surface area (Å²) in [5.74, 6) is -16.2. The molecule has 0 bridgehead atoms. The summed E-state index contributed by atoms with van der Waals surface area (Å²) < 4.78 is 191. The van der Waals surface area contributed by atoms with E-state index in [1.165, 1.54) is 37.2 Å². The van der Waals surface area contributed by atoms with Crippen molar-refractivity contribution in [2.24, 2.45) is 0 Å². The molecular weight excluding hydrogens is 1420 g/mol. The van der Waals surface area contributed by atoms with E-state index in [0.29, 0.717) is 45.2 Å². The normalized spacial score (nSPS) is 20.2. The van der Waals surface area contributed by atoms with Crippen molar-refractivity contribution in [3.8, 4) is 0 Å². The molecule has 2 atom stereocenters. The zero-order valence-electron chi connectivity index (χ0n) is 13.7. The van der Waals surface area contributed by atoms with Gasteiger partial charge in [0.05, 0.1) is 0 Å². The predicted octanol–water partition coefficient (Wildman–Crippen LogP) is 11.3. The van der Waals surface area contributed by atoms with Crippen molar-refractivity contribution in [2.45, 2.75) is 35.7 Å². The molecule has 24 heteroatoms. The van der Waals surface area contributed by atoms with E-state index in [1.54, 1.807) is 0 Å². The summed E-state index contributed by atoms with van der Waals surface area (Å²) in [6.07, 6.45) is -27.3. The minimum atomic E-state index is -7.32. The van der Waals surface area contributed by atoms with Crippen molar-refractivity contribution in [2.75, 3.05) is 0 Å². The molecule has 0 heterocycles. The SMILES string of the molecule is O=I(I)(I)C(I)(I)C(F)(OC(F)(F)C(F)(OC(F)(F)/C(F)=C\I(I)I)C(F)(F)F)C(F)(F)F. The van der Waals surface area contributed by atoms with Gasteiger partial charge in [-0.2, -0.15) is 0 Å². The van der Waals surface area contributed by atoms with Gasteiger partial charge < -0.3 is 0 Å². The van der Waals surface area contributed by atoms with E-state index in [1.807, 2.05) is 0 Å². The zero-order valence-corrected chi connectivity index (χ0v) is 31.0. The Bertz CT molecular complexity index is 793. The van der Waals surface area contributed by atoms with Crippen LogP contribution in [0, 0.1) is 0 Å². The van der Waals surface area contributed by atoms with E-state index < -0.39 is 63.9 Å². The standard InChI is InChI=1S/C9HF13I8O3/c10-2(1-29(25)26)3(11,12)32-4(13,6(15,16)17)8(21,22)33-5(14,7(18,19)20)9(23,24)30(27,28)31/h1H/b2-1+. The van der Waals surface area contributed by atoms with Gasteiger partial charge in [-0.15, -0.1) is 0 Å². The van der Waals surface area contributed by atoms with Gasteiger partial charge in [-0.25, -0.2) is 0 Å². The molecule has 0 N–H and O–H groups in total. The average Bonchev–Trinajstić information content (AvgIpc) is 2.49. The van der Waals surface area contributed by atoms with Gasteiger partial charge >= 0.3 is 257 Å². The van der Waals surface area contributed by atoms with E-state index in [-0.39, 0.29) is 4.08 Å². The molecule has 202 valence electrons. The van der Waals surface area contributed by atoms with Gasteiger partial charge in [0.15, 0.2) is 0 Å². The molecule has 0 aromatic heterocycles. The number of rotatable bonds is 9. The van der Waals surface area contributed by atoms with Crippen LogP contribution in [0.15, 0.2) is 9.91 Å². The molecule has 0 radical (unpaired) electrons. The number of ether oxygens (including phenoxy) is 2. The molecule has 0 aromatic rings. The summed E-state index contributed by atoms with van der Waals surface area (Å²) in [6, 6.07) is 0. The molecule has 0 amide bonds. The summed E-state index contributed by atoms with van der Waals surface area (Å²) in [6.45, 7) is 0. The van der Waals surface area contributed by atoms with Gasteiger partial charge in [0.2, 0.25) is 0 Å². The Morgan fingerprint density at radius 3 is 1.39 bits per heavy atom. The molecule has 0 spiro atoms. The predicted molar refractivity (Wildman–Crippen MR) is 157 cm³/mol. The molecule has 0 fully saturated rings. The number of halogens is 21. The van der Waals surface area contributed by atoms with Crippen LogP contribution in [0.25, 0.3) is 0 Å². The van der Waals surface area contributed by atoms with Crippen molar-refractivity contribution < 1.29 is 69.6 Å². The van der Waals surface area contributed by atoms with Gasteiger partial charge in [-0.3, -0.25) is 0 Å². The summed E-state index contributed by atoms with van der Waals surface area (Å²) in [5.41, 5.74) is 0. The van der Waals surface area contributed by atoms with Gasteiger partial charge in [0.25, 0.3) is 0 Å². The van der Waals surface area contributed by atoms with Gasteiger partial charge in [-0.05, 0) is 0 Å². The fourth-order valence-corrected chi connectivity index (χ4v) is 10.4. The van der Waals surface area contributed by atoms with Crippen LogP contribution in [-0.4, -0.2) is 35.7 Å². The Hall–Kier alpha value is 4.39. The van der Waals surface area contributed by atoms with Gasteiger partial charge in [-0.1, -0.05) is 0 Å². The van der Waals surface area contributed by atoms with Crippen LogP contribution in [-0.2, 0) is 12.5 Å². The summed E-state index contributed by atoms with van der Waals surface area (Å²) in [7, 11) is -5.45. The third-order valence-corrected chi connectivity index (χ3v) is 47.4. The quantitative estimate of drug-likeness (QED) is 0.131. The Morgan fingerprint density at radius 2 is 1.12 bits per heavy atom. The number of hydrogen-bond acceptors (Lipinski definition) is 3. The minimum absolute atomic E-state index is 0.0398. The Morgan fingerprint density at radius 1 is 0.758 bits per heavy atom. The molecule has 3 nitrogen and oxygen atoms in total. The van der Waals surface area contributed by atoms with E-state index in [0.717, 1.165) is 37.2 Å². The van der Waals surface area contributed by atoms with E-state index in [9.17, 15) is 60.1 Å². The van der Waals surface area contributed by atoms with E-state index >= 15 is 0 Å². The molecule has 0 aliphatic heterocycles. The second-order valence-corrected chi connectivity index (χ2v) is 68.3. The molecule has 0 rings (SSSR count). The van der Waals surface area contributed by atoms with Crippen molar-refractivity contribution >= 4 is 142 Å². The second-order valence-electron chi connectivity index (χ2n) is 4.99. The van der Waals surface area contributed by atoms with Crippen LogP contribution in [0.4, 0.5) is 57.1 Å². The number of hydrogen-bond donors (Lipinski definition) is 0. The molecule has 33 heavy (non-hydrogen) atoms. The first kappa shape index (κ1) is 37.4. The maximum atomic E-state index is 14.9. The molecule has 0 aliphatic carbocycles. The summed E-state index contributed by atoms with van der Waals surface area (Å²) in [4.78, 5) is 0. The maximum absolute atomic E-state index is 14.9. The Kier molecular flexibility index (Phi) is 13.7. The molecule has 0 aromatic carbocycles. The van der Waals surface area contributed by atoms with Crippen molar-refractivity contribution in [1.29, 1.82) is 0 Å². The third kappa shape index (κ3) is 8.44. The van der Waals surface area contributed by atoms with Gasteiger partial charge in [0.1, 0.15) is 0 Å². The van der Waals surface area contributed by atoms with Gasteiger partial charge in [0, 0.05) is 0 Å². The van der Waals surface area contributed by atoms with Crippen molar-refractivity contribution in [1.82, 2.24) is 0 Å². The Balaban J connectivity index is 6.90. The number of alkyl halides is 15. The van der Waals surface area contributed by atoms with Crippen molar-refractivity contribution in [3.05, 3.63) is 9.91 Å². The first-order valence-corrected chi connectivity index (χ1v) is 36.8. The fraction of sp³-hybridized carbons (Fsp3) is 0.778. The molecule has 0 aliphatic rings. The van der Waals surface area contributed by atoms with E-state index in [2.05, 4.69) is 9.47 Å². The molecule has 0 saturated heterocycles. The monoisotopic (exact) mass is 1420 g/mol. The van der Waals surface area contributed by atoms with Crippen LogP contribution in [0.3, 0.4) is 0 Å². The molecular formula is C9HF13I8O3. The van der Waals surface area contributed by atoms with Crippen LogP contribution in [0.5, 0.6) is 0 Å². The second kappa shape index (κ2) is 12.1. The summed E-state index contributed by atoms with van der Waals surface area (Å²) in [5, 5.41) is 0. The van der Waals surface area contributed by atoms with Crippen LogP contribution >= 0.6 is 142 Å². The van der Waals surface area contributed by atoms with Crippen LogP contribution < -0.4 is 0 Å². The first-order valence-electron chi connectivity index (χ1n) is 6.32. The van der Waals surface area contributed by atoms with Crippen molar-refractivity contribution in [3.63, 3.8) is 0 Å². The van der Waals surface area contributed by atoms with Crippen LogP contribution in [0.2, 0.25) is 0 Å². The third-order valence-electron chi connectivity index (χ3n) is 2.74. The van der Waals surface area contributed by atoms with E-state index in [4.69, 9.17) is 0 Å². The topological polar surface area (TPSA) is 35.5 Å². The first-order chi connectivity index (χ1) is 14.0. The molecule has 0 saturated carbocycles. The Labute approximate surface area is 252 Å². The zero-order chi connectivity index (χ0) is 27.3. The summed E-state index contributed by atoms with van der Waals surface area (Å²) >= 11 is 2.10. The fourth-order valence-electron chi connectivity index (χ4n) is 1.30.